The van der Waals surface area contributed by atoms with E-state index in [1.54, 1.807) is 11.8 Å². The minimum absolute atomic E-state index is 0.111. The van der Waals surface area contributed by atoms with Gasteiger partial charge in [0.15, 0.2) is 0 Å². The molecular weight excluding hydrogens is 427 g/mol. The Balaban J connectivity index is 1.49. The third-order valence-electron chi connectivity index (χ3n) is 6.18. The lowest BCUT2D eigenvalue weighted by molar-refractivity contribution is 0.0486. The fourth-order valence-electron chi connectivity index (χ4n) is 4.12. The molecular formula is C25H27FN2O3S. The largest absolute Gasteiger partial charge is 0.381 e. The number of nitrogens with zero attached hydrogens (tertiary/aromatic N) is 1. The van der Waals surface area contributed by atoms with Crippen molar-refractivity contribution in [3.63, 3.8) is 0 Å². The van der Waals surface area contributed by atoms with E-state index in [4.69, 9.17) is 9.26 Å². The van der Waals surface area contributed by atoms with E-state index >= 15 is 0 Å². The third-order valence-corrected chi connectivity index (χ3v) is 7.28. The highest BCUT2D eigenvalue weighted by Crippen LogP contribution is 2.35. The highest BCUT2D eigenvalue weighted by Gasteiger charge is 2.35. The molecule has 32 heavy (non-hydrogen) atoms. The van der Waals surface area contributed by atoms with Crippen molar-refractivity contribution in [2.45, 2.75) is 42.8 Å². The Morgan fingerprint density at radius 2 is 1.84 bits per heavy atom. The van der Waals surface area contributed by atoms with Crippen molar-refractivity contribution in [3.8, 4) is 0 Å². The summed E-state index contributed by atoms with van der Waals surface area (Å²) in [5, 5.41) is 7.15. The molecule has 1 amide bonds. The summed E-state index contributed by atoms with van der Waals surface area (Å²) >= 11 is 1.60. The summed E-state index contributed by atoms with van der Waals surface area (Å²) in [6.45, 7) is 5.54. The van der Waals surface area contributed by atoms with Crippen molar-refractivity contribution in [1.29, 1.82) is 0 Å². The Morgan fingerprint density at radius 3 is 2.53 bits per heavy atom. The summed E-state index contributed by atoms with van der Waals surface area (Å²) in [4.78, 5) is 14.1. The van der Waals surface area contributed by atoms with E-state index in [2.05, 4.69) is 10.5 Å². The lowest BCUT2D eigenvalue weighted by Crippen LogP contribution is -2.44. The minimum Gasteiger partial charge on any atom is -0.381 e. The fraction of sp³-hybridized carbons (Fsp3) is 0.360. The number of carbonyl (C=O) groups is 1. The number of hydrogen-bond acceptors (Lipinski definition) is 5. The first kappa shape index (κ1) is 22.6. The van der Waals surface area contributed by atoms with Crippen LogP contribution in [0.3, 0.4) is 0 Å². The first-order valence-electron chi connectivity index (χ1n) is 10.7. The highest BCUT2D eigenvalue weighted by molar-refractivity contribution is 7.98. The number of hydrogen-bond donors (Lipinski definition) is 1. The number of nitrogens with one attached hydrogen (secondary N) is 1. The smallest absolute Gasteiger partial charge is 0.252 e. The molecule has 0 atom stereocenters. The maximum absolute atomic E-state index is 13.5. The highest BCUT2D eigenvalue weighted by atomic mass is 32.2. The first-order chi connectivity index (χ1) is 15.5. The summed E-state index contributed by atoms with van der Waals surface area (Å²) in [6.07, 6.45) is 1.56. The van der Waals surface area contributed by atoms with Crippen LogP contribution in [0.1, 0.15) is 45.8 Å². The van der Waals surface area contributed by atoms with Crippen LogP contribution in [0.2, 0.25) is 0 Å². The number of rotatable bonds is 7. The molecule has 1 fully saturated rings. The number of aromatic nitrogens is 1. The van der Waals surface area contributed by atoms with Gasteiger partial charge in [-0.2, -0.15) is 0 Å². The molecule has 5 nitrogen and oxygen atoms in total. The van der Waals surface area contributed by atoms with Crippen LogP contribution in [0.15, 0.2) is 57.9 Å². The molecule has 3 aromatic rings. The molecule has 1 saturated heterocycles. The number of aryl methyl sites for hydroxylation is 2. The summed E-state index contributed by atoms with van der Waals surface area (Å²) < 4.78 is 24.3. The molecule has 0 saturated carbocycles. The summed E-state index contributed by atoms with van der Waals surface area (Å²) in [6, 6.07) is 14.2. The van der Waals surface area contributed by atoms with Crippen molar-refractivity contribution >= 4 is 17.7 Å². The predicted octanol–water partition coefficient (Wildman–Crippen LogP) is 5.20. The molecule has 1 N–H and O–H groups in total. The zero-order valence-corrected chi connectivity index (χ0v) is 19.1. The number of carbonyl (C=O) groups excluding carboxylic acids is 1. The molecule has 1 aliphatic rings. The lowest BCUT2D eigenvalue weighted by Gasteiger charge is -2.38. The van der Waals surface area contributed by atoms with Crippen LogP contribution in [0.25, 0.3) is 0 Å². The van der Waals surface area contributed by atoms with E-state index in [1.807, 2.05) is 50.2 Å². The fourth-order valence-corrected chi connectivity index (χ4v) is 5.32. The van der Waals surface area contributed by atoms with Crippen molar-refractivity contribution in [1.82, 2.24) is 10.5 Å². The number of amides is 1. The topological polar surface area (TPSA) is 64.4 Å². The zero-order valence-electron chi connectivity index (χ0n) is 18.3. The van der Waals surface area contributed by atoms with Gasteiger partial charge in [-0.25, -0.2) is 4.39 Å². The van der Waals surface area contributed by atoms with Gasteiger partial charge in [-0.1, -0.05) is 29.4 Å². The van der Waals surface area contributed by atoms with E-state index in [0.29, 0.717) is 31.1 Å². The van der Waals surface area contributed by atoms with Crippen LogP contribution in [0.4, 0.5) is 4.39 Å². The van der Waals surface area contributed by atoms with Crippen LogP contribution >= 0.6 is 11.8 Å². The molecule has 168 valence electrons. The van der Waals surface area contributed by atoms with Crippen molar-refractivity contribution in [2.24, 2.45) is 0 Å². The summed E-state index contributed by atoms with van der Waals surface area (Å²) in [5.41, 5.74) is 3.34. The molecule has 0 spiro atoms. The van der Waals surface area contributed by atoms with E-state index in [9.17, 15) is 9.18 Å². The molecule has 0 unspecified atom stereocenters. The second-order valence-electron chi connectivity index (χ2n) is 8.17. The van der Waals surface area contributed by atoms with Gasteiger partial charge in [-0.3, -0.25) is 4.79 Å². The van der Waals surface area contributed by atoms with Gasteiger partial charge in [0.05, 0.1) is 11.3 Å². The molecule has 1 aliphatic heterocycles. The van der Waals surface area contributed by atoms with Crippen molar-refractivity contribution in [3.05, 3.63) is 82.5 Å². The van der Waals surface area contributed by atoms with Gasteiger partial charge in [0.2, 0.25) is 0 Å². The van der Waals surface area contributed by atoms with Crippen LogP contribution in [0.5, 0.6) is 0 Å². The molecule has 2 aromatic carbocycles. The van der Waals surface area contributed by atoms with Crippen molar-refractivity contribution in [2.75, 3.05) is 19.8 Å². The number of ether oxygens (including phenoxy) is 1. The Hall–Kier alpha value is -2.64. The zero-order chi connectivity index (χ0) is 22.6. The minimum atomic E-state index is -0.264. The average molecular weight is 455 g/mol. The molecule has 2 heterocycles. The molecule has 4 rings (SSSR count). The molecule has 0 bridgehead atoms. The molecule has 0 radical (unpaired) electrons. The average Bonchev–Trinajstić information content (AvgIpc) is 3.14. The van der Waals surface area contributed by atoms with Gasteiger partial charge in [0, 0.05) is 41.4 Å². The summed E-state index contributed by atoms with van der Waals surface area (Å²) in [5.74, 6) is 1.12. The maximum Gasteiger partial charge on any atom is 0.252 e. The summed E-state index contributed by atoms with van der Waals surface area (Å²) in [7, 11) is 0. The van der Waals surface area contributed by atoms with Gasteiger partial charge >= 0.3 is 0 Å². The van der Waals surface area contributed by atoms with Crippen molar-refractivity contribution < 1.29 is 18.4 Å². The maximum atomic E-state index is 13.5. The number of thioether (sulfide) groups is 1. The monoisotopic (exact) mass is 454 g/mol. The number of benzene rings is 2. The Kier molecular flexibility index (Phi) is 6.96. The van der Waals surface area contributed by atoms with E-state index in [1.165, 1.54) is 12.1 Å². The van der Waals surface area contributed by atoms with Gasteiger partial charge in [0.1, 0.15) is 11.6 Å². The van der Waals surface area contributed by atoms with Gasteiger partial charge in [-0.15, -0.1) is 11.8 Å². The SMILES string of the molecule is Cc1noc(C)c1CSc1ccccc1C(=O)NCC1(c2ccc(F)cc2)CCOCC1. The molecule has 0 aliphatic carbocycles. The van der Waals surface area contributed by atoms with Crippen LogP contribution < -0.4 is 5.32 Å². The van der Waals surface area contributed by atoms with Crippen LogP contribution in [-0.2, 0) is 15.9 Å². The lowest BCUT2D eigenvalue weighted by atomic mass is 9.74. The Labute approximate surface area is 191 Å². The van der Waals surface area contributed by atoms with Gasteiger partial charge in [-0.05, 0) is 56.5 Å². The first-order valence-corrected chi connectivity index (χ1v) is 11.7. The molecule has 7 heteroatoms. The predicted molar refractivity (Wildman–Crippen MR) is 122 cm³/mol. The van der Waals surface area contributed by atoms with E-state index < -0.39 is 0 Å². The van der Waals surface area contributed by atoms with Gasteiger partial charge < -0.3 is 14.6 Å². The van der Waals surface area contributed by atoms with Crippen LogP contribution in [0, 0.1) is 19.7 Å². The Morgan fingerprint density at radius 1 is 1.12 bits per heavy atom. The molecule has 1 aromatic heterocycles. The quantitative estimate of drug-likeness (QED) is 0.497. The normalized spacial score (nSPS) is 15.5. The second kappa shape index (κ2) is 9.88. The van der Waals surface area contributed by atoms with Crippen LogP contribution in [-0.4, -0.2) is 30.8 Å². The Bertz CT molecular complexity index is 1060. The number of halogens is 1. The standard InChI is InChI=1S/C25H27FN2O3S/c1-17-22(18(2)31-28-17)15-32-23-6-4-3-5-21(23)24(29)27-16-25(11-13-30-14-12-25)19-7-9-20(26)10-8-19/h3-10H,11-16H2,1-2H3,(H,27,29). The van der Waals surface area contributed by atoms with Gasteiger partial charge in [0.25, 0.3) is 5.91 Å². The van der Waals surface area contributed by atoms with E-state index in [-0.39, 0.29) is 17.1 Å². The van der Waals surface area contributed by atoms with E-state index in [0.717, 1.165) is 40.3 Å². The second-order valence-corrected chi connectivity index (χ2v) is 9.19. The third kappa shape index (κ3) is 4.89.